The van der Waals surface area contributed by atoms with Gasteiger partial charge in [0.25, 0.3) is 0 Å². The number of halogens is 1. The fourth-order valence-corrected chi connectivity index (χ4v) is 5.98. The van der Waals surface area contributed by atoms with Crippen LogP contribution in [0.1, 0.15) is 19.5 Å². The topological polar surface area (TPSA) is 10.4 Å². The highest BCUT2D eigenvalue weighted by Gasteiger charge is 2.34. The molecule has 6 heteroatoms. The molecule has 4 rings (SSSR count). The lowest BCUT2D eigenvalue weighted by Gasteiger charge is -2.18. The molecule has 0 spiro atoms. The summed E-state index contributed by atoms with van der Waals surface area (Å²) in [6, 6.07) is 11.2. The van der Waals surface area contributed by atoms with E-state index < -0.39 is 0 Å². The summed E-state index contributed by atoms with van der Waals surface area (Å²) >= 11 is 3.42. The summed E-state index contributed by atoms with van der Waals surface area (Å²) < 4.78 is 15.9. The van der Waals surface area contributed by atoms with Crippen LogP contribution in [0.15, 0.2) is 74.7 Å². The fraction of sp³-hybridized carbons (Fsp3) is 0.227. The Balaban J connectivity index is 1.74. The van der Waals surface area contributed by atoms with Crippen molar-refractivity contribution >= 4 is 35.3 Å². The molecule has 0 aliphatic carbocycles. The second-order valence-corrected chi connectivity index (χ2v) is 8.66. The van der Waals surface area contributed by atoms with Gasteiger partial charge in [-0.2, -0.15) is 4.57 Å². The number of thioether (sulfide) groups is 2. The third-order valence-corrected chi connectivity index (χ3v) is 7.50. The second kappa shape index (κ2) is 7.68. The Bertz CT molecular complexity index is 1010. The van der Waals surface area contributed by atoms with E-state index >= 15 is 0 Å². The summed E-state index contributed by atoms with van der Waals surface area (Å²) in [5, 5.41) is 2.27. The Kier molecular flexibility index (Phi) is 5.25. The number of likely N-dealkylation sites (N-methyl/N-ethyl adjacent to an activating group) is 1. The van der Waals surface area contributed by atoms with Gasteiger partial charge >= 0.3 is 0 Å². The van der Waals surface area contributed by atoms with Crippen LogP contribution in [0.25, 0.3) is 6.08 Å². The van der Waals surface area contributed by atoms with Crippen molar-refractivity contribution in [2.45, 2.75) is 25.3 Å². The second-order valence-electron chi connectivity index (χ2n) is 6.59. The molecule has 1 aromatic heterocycles. The molecule has 0 atom stereocenters. The smallest absolute Gasteiger partial charge is 0.207 e. The molecule has 1 aromatic carbocycles. The van der Waals surface area contributed by atoms with Gasteiger partial charge in [-0.15, -0.1) is 0 Å². The van der Waals surface area contributed by atoms with Gasteiger partial charge in [0.1, 0.15) is 12.4 Å². The molecule has 28 heavy (non-hydrogen) atoms. The standard InChI is InChI=1S/C22H23FN3S2/c1-5-25-12-8-7-9-17(25)14-20-26(6-2)15(3)21(28-20)22-24(4)18-13-16(23)10-11-19(18)27-22/h7-14H,3,5-6H2,1-2,4H3/q+1/b22-21+. The van der Waals surface area contributed by atoms with Gasteiger partial charge in [-0.25, -0.2) is 4.39 Å². The maximum absolute atomic E-state index is 13.7. The number of aryl methyl sites for hydroxylation is 1. The zero-order chi connectivity index (χ0) is 19.8. The van der Waals surface area contributed by atoms with E-state index in [1.807, 2.05) is 13.1 Å². The molecule has 0 radical (unpaired) electrons. The summed E-state index contributed by atoms with van der Waals surface area (Å²) in [5.41, 5.74) is 3.08. The van der Waals surface area contributed by atoms with Gasteiger partial charge in [-0.3, -0.25) is 0 Å². The van der Waals surface area contributed by atoms with Gasteiger partial charge in [0.05, 0.1) is 26.3 Å². The fourth-order valence-electron chi connectivity index (χ4n) is 3.45. The summed E-state index contributed by atoms with van der Waals surface area (Å²) in [7, 11) is 1.99. The van der Waals surface area contributed by atoms with Crippen LogP contribution >= 0.6 is 23.5 Å². The summed E-state index contributed by atoms with van der Waals surface area (Å²) in [4.78, 5) is 6.53. The van der Waals surface area contributed by atoms with Crippen molar-refractivity contribution in [2.75, 3.05) is 18.5 Å². The van der Waals surface area contributed by atoms with Crippen LogP contribution < -0.4 is 9.47 Å². The van der Waals surface area contributed by atoms with Gasteiger partial charge in [0.15, 0.2) is 6.20 Å². The molecule has 0 amide bonds. The summed E-state index contributed by atoms with van der Waals surface area (Å²) in [5.74, 6) is -0.209. The molecular formula is C22H23FN3S2+. The van der Waals surface area contributed by atoms with Gasteiger partial charge < -0.3 is 9.80 Å². The largest absolute Gasteiger partial charge is 0.337 e. The van der Waals surface area contributed by atoms with Crippen LogP contribution in [-0.2, 0) is 6.54 Å². The van der Waals surface area contributed by atoms with Gasteiger partial charge in [0.2, 0.25) is 5.69 Å². The molecule has 0 saturated carbocycles. The van der Waals surface area contributed by atoms with E-state index in [1.165, 1.54) is 16.8 Å². The van der Waals surface area contributed by atoms with Crippen molar-refractivity contribution in [2.24, 2.45) is 0 Å². The molecule has 2 aromatic rings. The lowest BCUT2D eigenvalue weighted by Crippen LogP contribution is -2.35. The van der Waals surface area contributed by atoms with Crippen molar-refractivity contribution in [3.63, 3.8) is 0 Å². The van der Waals surface area contributed by atoms with E-state index in [0.29, 0.717) is 0 Å². The van der Waals surface area contributed by atoms with E-state index in [1.54, 1.807) is 29.6 Å². The first-order valence-corrected chi connectivity index (χ1v) is 11.0. The molecule has 144 valence electrons. The van der Waals surface area contributed by atoms with Crippen LogP contribution in [0.4, 0.5) is 10.1 Å². The SMILES string of the molecule is C=C1/C(=C2\Sc3ccc(F)cc3N2C)S/C(=C\c2cccc[n+]2CC)N1CC. The zero-order valence-electron chi connectivity index (χ0n) is 16.3. The number of nitrogens with zero attached hydrogens (tertiary/aromatic N) is 3. The highest BCUT2D eigenvalue weighted by atomic mass is 32.2. The molecule has 2 aliphatic rings. The van der Waals surface area contributed by atoms with Crippen molar-refractivity contribution in [1.29, 1.82) is 0 Å². The van der Waals surface area contributed by atoms with Crippen molar-refractivity contribution in [1.82, 2.24) is 4.90 Å². The van der Waals surface area contributed by atoms with E-state index in [0.717, 1.165) is 39.3 Å². The van der Waals surface area contributed by atoms with E-state index in [2.05, 4.69) is 65.3 Å². The van der Waals surface area contributed by atoms with E-state index in [-0.39, 0.29) is 5.82 Å². The van der Waals surface area contributed by atoms with E-state index in [9.17, 15) is 4.39 Å². The van der Waals surface area contributed by atoms with Crippen LogP contribution in [0.5, 0.6) is 0 Å². The number of fused-ring (bicyclic) bond motifs is 1. The number of rotatable bonds is 3. The van der Waals surface area contributed by atoms with E-state index in [4.69, 9.17) is 0 Å². The molecular weight excluding hydrogens is 389 g/mol. The quantitative estimate of drug-likeness (QED) is 0.622. The Morgan fingerprint density at radius 3 is 2.75 bits per heavy atom. The Morgan fingerprint density at radius 2 is 2.00 bits per heavy atom. The monoisotopic (exact) mass is 412 g/mol. The predicted octanol–water partition coefficient (Wildman–Crippen LogP) is 5.43. The number of hydrogen-bond donors (Lipinski definition) is 0. The minimum atomic E-state index is -0.209. The number of aromatic nitrogens is 1. The first-order valence-electron chi connectivity index (χ1n) is 9.33. The van der Waals surface area contributed by atoms with Crippen molar-refractivity contribution in [3.8, 4) is 0 Å². The Labute approximate surface area is 174 Å². The molecule has 3 nitrogen and oxygen atoms in total. The number of hydrogen-bond acceptors (Lipinski definition) is 4. The molecule has 3 heterocycles. The number of anilines is 1. The zero-order valence-corrected chi connectivity index (χ0v) is 17.9. The lowest BCUT2D eigenvalue weighted by molar-refractivity contribution is -0.695. The van der Waals surface area contributed by atoms with Crippen molar-refractivity contribution in [3.05, 3.63) is 81.3 Å². The van der Waals surface area contributed by atoms with Crippen LogP contribution in [-0.4, -0.2) is 18.5 Å². The molecule has 1 saturated heterocycles. The lowest BCUT2D eigenvalue weighted by atomic mass is 10.3. The van der Waals surface area contributed by atoms with Gasteiger partial charge in [-0.05, 0) is 38.1 Å². The highest BCUT2D eigenvalue weighted by Crippen LogP contribution is 2.54. The highest BCUT2D eigenvalue weighted by molar-refractivity contribution is 8.09. The first-order chi connectivity index (χ1) is 13.5. The van der Waals surface area contributed by atoms with Crippen LogP contribution in [0, 0.1) is 5.82 Å². The first kappa shape index (κ1) is 19.2. The Hall–Kier alpha value is -2.18. The minimum absolute atomic E-state index is 0.209. The molecule has 2 aliphatic heterocycles. The molecule has 0 unspecified atom stereocenters. The number of benzene rings is 1. The predicted molar refractivity (Wildman–Crippen MR) is 117 cm³/mol. The average molecular weight is 413 g/mol. The molecule has 1 fully saturated rings. The third-order valence-electron chi connectivity index (χ3n) is 4.95. The van der Waals surface area contributed by atoms with Crippen LogP contribution in [0.3, 0.4) is 0 Å². The number of pyridine rings is 1. The Morgan fingerprint density at radius 1 is 1.18 bits per heavy atom. The molecule has 0 N–H and O–H groups in total. The van der Waals surface area contributed by atoms with Gasteiger partial charge in [0, 0.05) is 36.7 Å². The maximum atomic E-state index is 13.7. The van der Waals surface area contributed by atoms with Crippen LogP contribution in [0.2, 0.25) is 0 Å². The van der Waals surface area contributed by atoms with Crippen molar-refractivity contribution < 1.29 is 8.96 Å². The third kappa shape index (κ3) is 3.25. The average Bonchev–Trinajstić information content (AvgIpc) is 3.18. The molecule has 0 bridgehead atoms. The summed E-state index contributed by atoms with van der Waals surface area (Å²) in [6.45, 7) is 10.4. The normalized spacial score (nSPS) is 20.4. The van der Waals surface area contributed by atoms with Gasteiger partial charge in [-0.1, -0.05) is 30.1 Å². The summed E-state index contributed by atoms with van der Waals surface area (Å²) in [6.07, 6.45) is 4.32. The minimum Gasteiger partial charge on any atom is -0.337 e. The maximum Gasteiger partial charge on any atom is 0.207 e.